The van der Waals surface area contributed by atoms with Crippen molar-refractivity contribution in [2.75, 3.05) is 24.2 Å². The zero-order valence-corrected chi connectivity index (χ0v) is 15.0. The number of rotatable bonds is 7. The SMILES string of the molecule is CC(C)c1cnc(Br)cc1Oc1cnc(NCC(O)CO)nc1N. The largest absolute Gasteiger partial charge is 0.451 e. The van der Waals surface area contributed by atoms with E-state index in [-0.39, 0.29) is 30.8 Å². The number of halogens is 1. The van der Waals surface area contributed by atoms with Gasteiger partial charge in [0.15, 0.2) is 11.6 Å². The number of aliphatic hydroxyl groups excluding tert-OH is 2. The number of anilines is 2. The molecule has 0 spiro atoms. The van der Waals surface area contributed by atoms with E-state index in [1.807, 2.05) is 13.8 Å². The maximum absolute atomic E-state index is 9.31. The van der Waals surface area contributed by atoms with Crippen LogP contribution in [0.5, 0.6) is 11.5 Å². The Hall–Kier alpha value is -1.97. The number of pyridine rings is 1. The van der Waals surface area contributed by atoms with Crippen molar-refractivity contribution >= 4 is 27.7 Å². The summed E-state index contributed by atoms with van der Waals surface area (Å²) >= 11 is 3.32. The highest BCUT2D eigenvalue weighted by atomic mass is 79.9. The third-order valence-corrected chi connectivity index (χ3v) is 3.63. The van der Waals surface area contributed by atoms with E-state index in [0.717, 1.165) is 5.56 Å². The Balaban J connectivity index is 2.18. The molecule has 5 N–H and O–H groups in total. The van der Waals surface area contributed by atoms with Gasteiger partial charge in [-0.25, -0.2) is 9.97 Å². The Morgan fingerprint density at radius 2 is 2.04 bits per heavy atom. The van der Waals surface area contributed by atoms with E-state index in [9.17, 15) is 5.11 Å². The Bertz CT molecular complexity index is 699. The van der Waals surface area contributed by atoms with Gasteiger partial charge in [0.05, 0.1) is 18.9 Å². The summed E-state index contributed by atoms with van der Waals surface area (Å²) in [4.78, 5) is 12.4. The van der Waals surface area contributed by atoms with Crippen LogP contribution >= 0.6 is 15.9 Å². The van der Waals surface area contributed by atoms with Crippen molar-refractivity contribution < 1.29 is 14.9 Å². The molecule has 0 amide bonds. The second-order valence-corrected chi connectivity index (χ2v) is 6.27. The van der Waals surface area contributed by atoms with Crippen molar-refractivity contribution in [3.8, 4) is 11.5 Å². The molecule has 2 aromatic heterocycles. The lowest BCUT2D eigenvalue weighted by Gasteiger charge is -2.15. The molecule has 8 nitrogen and oxygen atoms in total. The van der Waals surface area contributed by atoms with Crippen molar-refractivity contribution in [2.24, 2.45) is 0 Å². The number of nitrogens with one attached hydrogen (secondary N) is 1. The number of nitrogens with two attached hydrogens (primary N) is 1. The highest BCUT2D eigenvalue weighted by molar-refractivity contribution is 9.10. The maximum Gasteiger partial charge on any atom is 0.224 e. The number of ether oxygens (including phenoxy) is 1. The molecule has 0 bridgehead atoms. The van der Waals surface area contributed by atoms with Crippen LogP contribution in [0, 0.1) is 0 Å². The smallest absolute Gasteiger partial charge is 0.224 e. The molecule has 0 aliphatic carbocycles. The number of nitrogens with zero attached hydrogens (tertiary/aromatic N) is 3. The predicted octanol–water partition coefficient (Wildman–Crippen LogP) is 1.90. The summed E-state index contributed by atoms with van der Waals surface area (Å²) in [5, 5.41) is 20.9. The fraction of sp³-hybridized carbons (Fsp3) is 0.400. The van der Waals surface area contributed by atoms with Gasteiger partial charge in [-0.2, -0.15) is 4.98 Å². The molecule has 0 saturated heterocycles. The molecule has 0 radical (unpaired) electrons. The molecule has 2 rings (SSSR count). The van der Waals surface area contributed by atoms with E-state index >= 15 is 0 Å². The van der Waals surface area contributed by atoms with Crippen molar-refractivity contribution in [1.82, 2.24) is 15.0 Å². The zero-order valence-electron chi connectivity index (χ0n) is 13.4. The van der Waals surface area contributed by atoms with E-state index in [1.165, 1.54) is 6.20 Å². The molecule has 2 aromatic rings. The molecular formula is C15H20BrN5O3. The van der Waals surface area contributed by atoms with Crippen molar-refractivity contribution in [1.29, 1.82) is 0 Å². The zero-order chi connectivity index (χ0) is 17.7. The highest BCUT2D eigenvalue weighted by Crippen LogP contribution is 2.33. The molecule has 0 aliphatic heterocycles. The fourth-order valence-electron chi connectivity index (χ4n) is 1.89. The second kappa shape index (κ2) is 8.22. The van der Waals surface area contributed by atoms with E-state index < -0.39 is 6.10 Å². The quantitative estimate of drug-likeness (QED) is 0.521. The van der Waals surface area contributed by atoms with Crippen LogP contribution < -0.4 is 15.8 Å². The van der Waals surface area contributed by atoms with Gasteiger partial charge in [-0.1, -0.05) is 13.8 Å². The van der Waals surface area contributed by atoms with Crippen LogP contribution in [0.25, 0.3) is 0 Å². The maximum atomic E-state index is 9.31. The molecule has 0 aromatic carbocycles. The molecule has 0 fully saturated rings. The summed E-state index contributed by atoms with van der Waals surface area (Å²) in [5.74, 6) is 1.58. The first-order valence-corrected chi connectivity index (χ1v) is 8.18. The number of hydrogen-bond donors (Lipinski definition) is 4. The molecule has 1 unspecified atom stereocenters. The standard InChI is InChI=1S/C15H20BrN5O3/c1-8(2)10-5-18-13(16)3-11(10)24-12-6-20-15(21-14(12)17)19-4-9(23)7-22/h3,5-6,8-9,22-23H,4,7H2,1-2H3,(H3,17,19,20,21). The topological polar surface area (TPSA) is 126 Å². The normalized spacial score (nSPS) is 12.2. The average molecular weight is 398 g/mol. The summed E-state index contributed by atoms with van der Waals surface area (Å²) in [6.45, 7) is 3.85. The Morgan fingerprint density at radius 1 is 1.29 bits per heavy atom. The van der Waals surface area contributed by atoms with Crippen molar-refractivity contribution in [2.45, 2.75) is 25.9 Å². The number of nitrogen functional groups attached to an aromatic ring is 1. The molecule has 130 valence electrons. The minimum Gasteiger partial charge on any atom is -0.451 e. The lowest BCUT2D eigenvalue weighted by atomic mass is 10.1. The molecule has 0 saturated carbocycles. The first-order valence-electron chi connectivity index (χ1n) is 7.39. The monoisotopic (exact) mass is 397 g/mol. The van der Waals surface area contributed by atoms with Crippen LogP contribution in [0.2, 0.25) is 0 Å². The van der Waals surface area contributed by atoms with Gasteiger partial charge < -0.3 is 26.0 Å². The predicted molar refractivity (Wildman–Crippen MR) is 94.1 cm³/mol. The van der Waals surface area contributed by atoms with Gasteiger partial charge in [-0.05, 0) is 21.8 Å². The molecule has 1 atom stereocenters. The molecular weight excluding hydrogens is 378 g/mol. The summed E-state index contributed by atoms with van der Waals surface area (Å²) in [7, 11) is 0. The molecule has 9 heteroatoms. The van der Waals surface area contributed by atoms with Crippen molar-refractivity contribution in [3.63, 3.8) is 0 Å². The lowest BCUT2D eigenvalue weighted by molar-refractivity contribution is 0.105. The van der Waals surface area contributed by atoms with E-state index in [2.05, 4.69) is 36.2 Å². The summed E-state index contributed by atoms with van der Waals surface area (Å²) in [6, 6.07) is 1.76. The summed E-state index contributed by atoms with van der Waals surface area (Å²) in [5.41, 5.74) is 6.85. The molecule has 24 heavy (non-hydrogen) atoms. The van der Waals surface area contributed by atoms with Crippen LogP contribution in [0.4, 0.5) is 11.8 Å². The van der Waals surface area contributed by atoms with Gasteiger partial charge >= 0.3 is 0 Å². The van der Waals surface area contributed by atoms with Gasteiger partial charge in [0.1, 0.15) is 10.4 Å². The van der Waals surface area contributed by atoms with Crippen LogP contribution in [-0.4, -0.2) is 44.4 Å². The average Bonchev–Trinajstić information content (AvgIpc) is 2.54. The Kier molecular flexibility index (Phi) is 6.29. The third-order valence-electron chi connectivity index (χ3n) is 3.19. The van der Waals surface area contributed by atoms with Crippen LogP contribution in [-0.2, 0) is 0 Å². The Labute approximate surface area is 148 Å². The van der Waals surface area contributed by atoms with E-state index in [0.29, 0.717) is 16.1 Å². The van der Waals surface area contributed by atoms with Gasteiger partial charge in [-0.3, -0.25) is 0 Å². The van der Waals surface area contributed by atoms with Crippen molar-refractivity contribution in [3.05, 3.63) is 28.6 Å². The summed E-state index contributed by atoms with van der Waals surface area (Å²) < 4.78 is 6.50. The third kappa shape index (κ3) is 4.76. The molecule has 0 aliphatic rings. The highest BCUT2D eigenvalue weighted by Gasteiger charge is 2.13. The number of aliphatic hydroxyl groups is 2. The first kappa shape index (κ1) is 18.4. The van der Waals surface area contributed by atoms with E-state index in [1.54, 1.807) is 12.3 Å². The number of hydrogen-bond acceptors (Lipinski definition) is 8. The second-order valence-electron chi connectivity index (χ2n) is 5.46. The Morgan fingerprint density at radius 3 is 2.67 bits per heavy atom. The minimum atomic E-state index is -0.895. The molecule has 2 heterocycles. The van der Waals surface area contributed by atoms with Gasteiger partial charge in [0, 0.05) is 24.4 Å². The summed E-state index contributed by atoms with van der Waals surface area (Å²) in [6.07, 6.45) is 2.30. The van der Waals surface area contributed by atoms with Gasteiger partial charge in [-0.15, -0.1) is 0 Å². The van der Waals surface area contributed by atoms with Gasteiger partial charge in [0.2, 0.25) is 5.95 Å². The lowest BCUT2D eigenvalue weighted by Crippen LogP contribution is -2.23. The number of aromatic nitrogens is 3. The van der Waals surface area contributed by atoms with Crippen LogP contribution in [0.3, 0.4) is 0 Å². The first-order chi connectivity index (χ1) is 11.4. The fourth-order valence-corrected chi connectivity index (χ4v) is 2.20. The van der Waals surface area contributed by atoms with Gasteiger partial charge in [0.25, 0.3) is 0 Å². The van der Waals surface area contributed by atoms with Crippen LogP contribution in [0.1, 0.15) is 25.3 Å². The minimum absolute atomic E-state index is 0.116. The van der Waals surface area contributed by atoms with Crippen LogP contribution in [0.15, 0.2) is 23.1 Å². The van der Waals surface area contributed by atoms with E-state index in [4.69, 9.17) is 15.6 Å².